The average molecular weight is 269 g/mol. The van der Waals surface area contributed by atoms with E-state index in [0.717, 1.165) is 29.9 Å². The van der Waals surface area contributed by atoms with E-state index < -0.39 is 0 Å². The molecule has 3 aromatic rings. The molecule has 0 radical (unpaired) electrons. The molecule has 0 saturated heterocycles. The molecule has 3 rings (SSSR count). The van der Waals surface area contributed by atoms with E-state index in [1.54, 1.807) is 12.5 Å². The molecule has 0 amide bonds. The molecule has 1 aromatic carbocycles. The lowest BCUT2D eigenvalue weighted by atomic mass is 10.1. The first-order chi connectivity index (χ1) is 9.83. The zero-order chi connectivity index (χ0) is 13.9. The fourth-order valence-electron chi connectivity index (χ4n) is 2.68. The van der Waals surface area contributed by atoms with Crippen LogP contribution >= 0.6 is 0 Å². The molecule has 0 spiro atoms. The van der Waals surface area contributed by atoms with Crippen LogP contribution in [0.15, 0.2) is 47.3 Å². The van der Waals surface area contributed by atoms with Crippen molar-refractivity contribution in [2.45, 2.75) is 25.9 Å². The molecule has 0 fully saturated rings. The lowest BCUT2D eigenvalue weighted by Crippen LogP contribution is -2.20. The highest BCUT2D eigenvalue weighted by Gasteiger charge is 2.16. The number of aromatic nitrogens is 2. The zero-order valence-electron chi connectivity index (χ0n) is 11.8. The molecule has 0 aliphatic heterocycles. The molecule has 4 nitrogen and oxygen atoms in total. The SMILES string of the molecule is CCn1c(CC(NC)c2ccoc2)nc2ccccc21. The summed E-state index contributed by atoms with van der Waals surface area (Å²) in [5.74, 6) is 1.11. The quantitative estimate of drug-likeness (QED) is 0.773. The van der Waals surface area contributed by atoms with E-state index in [9.17, 15) is 0 Å². The number of imidazole rings is 1. The maximum Gasteiger partial charge on any atom is 0.111 e. The van der Waals surface area contributed by atoms with Gasteiger partial charge in [0.05, 0.1) is 23.6 Å². The van der Waals surface area contributed by atoms with E-state index in [1.807, 2.05) is 19.2 Å². The maximum atomic E-state index is 5.18. The predicted molar refractivity (Wildman–Crippen MR) is 79.6 cm³/mol. The highest BCUT2D eigenvalue weighted by Crippen LogP contribution is 2.22. The molecule has 104 valence electrons. The minimum Gasteiger partial charge on any atom is -0.472 e. The van der Waals surface area contributed by atoms with Gasteiger partial charge in [-0.25, -0.2) is 4.98 Å². The van der Waals surface area contributed by atoms with Crippen molar-refractivity contribution in [1.82, 2.24) is 14.9 Å². The third-order valence-electron chi connectivity index (χ3n) is 3.73. The number of furan rings is 1. The van der Waals surface area contributed by atoms with E-state index in [-0.39, 0.29) is 6.04 Å². The zero-order valence-corrected chi connectivity index (χ0v) is 11.8. The van der Waals surface area contributed by atoms with Crippen LogP contribution in [0.3, 0.4) is 0 Å². The number of para-hydroxylation sites is 2. The lowest BCUT2D eigenvalue weighted by molar-refractivity contribution is 0.530. The molecule has 0 aliphatic rings. The van der Waals surface area contributed by atoms with Gasteiger partial charge in [-0.2, -0.15) is 0 Å². The second-order valence-electron chi connectivity index (χ2n) is 4.86. The number of likely N-dealkylation sites (N-methyl/N-ethyl adjacent to an activating group) is 1. The lowest BCUT2D eigenvalue weighted by Gasteiger charge is -2.15. The Balaban J connectivity index is 1.97. The van der Waals surface area contributed by atoms with Gasteiger partial charge in [-0.05, 0) is 32.2 Å². The van der Waals surface area contributed by atoms with Crippen LogP contribution in [0.1, 0.15) is 24.4 Å². The second-order valence-corrected chi connectivity index (χ2v) is 4.86. The number of hydrogen-bond acceptors (Lipinski definition) is 3. The Hall–Kier alpha value is -2.07. The number of fused-ring (bicyclic) bond motifs is 1. The summed E-state index contributed by atoms with van der Waals surface area (Å²) >= 11 is 0. The van der Waals surface area contributed by atoms with Gasteiger partial charge < -0.3 is 14.3 Å². The van der Waals surface area contributed by atoms with E-state index in [1.165, 1.54) is 5.52 Å². The number of aryl methyl sites for hydroxylation is 1. The van der Waals surface area contributed by atoms with Crippen molar-refractivity contribution in [1.29, 1.82) is 0 Å². The third-order valence-corrected chi connectivity index (χ3v) is 3.73. The van der Waals surface area contributed by atoms with Crippen LogP contribution in [0.4, 0.5) is 0 Å². The molecule has 1 unspecified atom stereocenters. The molecule has 1 N–H and O–H groups in total. The summed E-state index contributed by atoms with van der Waals surface area (Å²) < 4.78 is 7.46. The predicted octanol–water partition coefficient (Wildman–Crippen LogP) is 3.15. The van der Waals surface area contributed by atoms with E-state index in [4.69, 9.17) is 9.40 Å². The second kappa shape index (κ2) is 5.51. The summed E-state index contributed by atoms with van der Waals surface area (Å²) in [6.07, 6.45) is 4.35. The van der Waals surface area contributed by atoms with Crippen molar-refractivity contribution < 1.29 is 4.42 Å². The fourth-order valence-corrected chi connectivity index (χ4v) is 2.68. The Morgan fingerprint density at radius 1 is 1.30 bits per heavy atom. The Kier molecular flexibility index (Phi) is 3.56. The fraction of sp³-hybridized carbons (Fsp3) is 0.312. The highest BCUT2D eigenvalue weighted by molar-refractivity contribution is 5.75. The Labute approximate surface area is 118 Å². The summed E-state index contributed by atoms with van der Waals surface area (Å²) in [6, 6.07) is 10.5. The van der Waals surface area contributed by atoms with E-state index in [0.29, 0.717) is 0 Å². The third kappa shape index (κ3) is 2.23. The Morgan fingerprint density at radius 2 is 2.15 bits per heavy atom. The van der Waals surface area contributed by atoms with Crippen LogP contribution in [0.2, 0.25) is 0 Å². The molecule has 20 heavy (non-hydrogen) atoms. The summed E-state index contributed by atoms with van der Waals surface area (Å²) in [5, 5.41) is 3.34. The van der Waals surface area contributed by atoms with Crippen molar-refractivity contribution in [2.75, 3.05) is 7.05 Å². The first kappa shape index (κ1) is 12.9. The van der Waals surface area contributed by atoms with Crippen molar-refractivity contribution in [3.63, 3.8) is 0 Å². The molecule has 0 bridgehead atoms. The molecular formula is C16H19N3O. The number of nitrogens with one attached hydrogen (secondary N) is 1. The first-order valence-corrected chi connectivity index (χ1v) is 6.97. The van der Waals surface area contributed by atoms with Gasteiger partial charge in [0.1, 0.15) is 5.82 Å². The van der Waals surface area contributed by atoms with Crippen molar-refractivity contribution in [3.8, 4) is 0 Å². The molecule has 2 aromatic heterocycles. The summed E-state index contributed by atoms with van der Waals surface area (Å²) in [5.41, 5.74) is 3.42. The van der Waals surface area contributed by atoms with Crippen LogP contribution in [0.25, 0.3) is 11.0 Å². The summed E-state index contributed by atoms with van der Waals surface area (Å²) in [4.78, 5) is 4.77. The minimum atomic E-state index is 0.218. The van der Waals surface area contributed by atoms with Gasteiger partial charge in [-0.1, -0.05) is 12.1 Å². The Bertz CT molecular complexity index is 685. The van der Waals surface area contributed by atoms with Crippen molar-refractivity contribution in [3.05, 3.63) is 54.2 Å². The van der Waals surface area contributed by atoms with Gasteiger partial charge in [-0.3, -0.25) is 0 Å². The van der Waals surface area contributed by atoms with Gasteiger partial charge in [0.25, 0.3) is 0 Å². The van der Waals surface area contributed by atoms with Crippen LogP contribution in [-0.4, -0.2) is 16.6 Å². The summed E-state index contributed by atoms with van der Waals surface area (Å²) in [6.45, 7) is 3.08. The van der Waals surface area contributed by atoms with Gasteiger partial charge in [0.15, 0.2) is 0 Å². The monoisotopic (exact) mass is 269 g/mol. The largest absolute Gasteiger partial charge is 0.472 e. The van der Waals surface area contributed by atoms with Crippen molar-refractivity contribution in [2.24, 2.45) is 0 Å². The molecule has 2 heterocycles. The van der Waals surface area contributed by atoms with Gasteiger partial charge in [0.2, 0.25) is 0 Å². The smallest absolute Gasteiger partial charge is 0.111 e. The molecular weight excluding hydrogens is 250 g/mol. The molecule has 0 aliphatic carbocycles. The topological polar surface area (TPSA) is 43.0 Å². The average Bonchev–Trinajstić information content (AvgIpc) is 3.11. The Morgan fingerprint density at radius 3 is 2.85 bits per heavy atom. The van der Waals surface area contributed by atoms with E-state index in [2.05, 4.69) is 35.0 Å². The van der Waals surface area contributed by atoms with Gasteiger partial charge in [0, 0.05) is 24.6 Å². The number of hydrogen-bond donors (Lipinski definition) is 1. The van der Waals surface area contributed by atoms with Crippen LogP contribution in [-0.2, 0) is 13.0 Å². The summed E-state index contributed by atoms with van der Waals surface area (Å²) in [7, 11) is 1.97. The number of nitrogens with zero attached hydrogens (tertiary/aromatic N) is 2. The minimum absolute atomic E-state index is 0.218. The number of benzene rings is 1. The maximum absolute atomic E-state index is 5.18. The van der Waals surface area contributed by atoms with Gasteiger partial charge in [-0.15, -0.1) is 0 Å². The molecule has 1 atom stereocenters. The molecule has 0 saturated carbocycles. The van der Waals surface area contributed by atoms with Crippen molar-refractivity contribution >= 4 is 11.0 Å². The standard InChI is InChI=1S/C16H19N3O/c1-3-19-15-7-5-4-6-13(15)18-16(19)10-14(17-2)12-8-9-20-11-12/h4-9,11,14,17H,3,10H2,1-2H3. The van der Waals surface area contributed by atoms with Gasteiger partial charge >= 0.3 is 0 Å². The van der Waals surface area contributed by atoms with Crippen LogP contribution < -0.4 is 5.32 Å². The van der Waals surface area contributed by atoms with E-state index >= 15 is 0 Å². The highest BCUT2D eigenvalue weighted by atomic mass is 16.3. The van der Waals surface area contributed by atoms with Crippen LogP contribution in [0, 0.1) is 0 Å². The van der Waals surface area contributed by atoms with Crippen LogP contribution in [0.5, 0.6) is 0 Å². The first-order valence-electron chi connectivity index (χ1n) is 6.97. The molecule has 4 heteroatoms. The normalized spacial score (nSPS) is 12.9. The number of rotatable bonds is 5.